The second kappa shape index (κ2) is 4.19. The Morgan fingerprint density at radius 2 is 2.36 bits per heavy atom. The summed E-state index contributed by atoms with van der Waals surface area (Å²) < 4.78 is 4.74. The molecule has 0 aliphatic carbocycles. The molecule has 0 bridgehead atoms. The maximum Gasteiger partial charge on any atom is 0.377 e. The smallest absolute Gasteiger partial charge is 0.377 e. The van der Waals surface area contributed by atoms with Crippen molar-refractivity contribution in [3.8, 4) is 0 Å². The number of aromatic nitrogens is 2. The molecule has 1 aromatic heterocycles. The third-order valence-electron chi connectivity index (χ3n) is 2.18. The molecule has 0 aliphatic rings. The lowest BCUT2D eigenvalue weighted by Gasteiger charge is -2.12. The van der Waals surface area contributed by atoms with Gasteiger partial charge in [0.2, 0.25) is 5.89 Å². The minimum absolute atomic E-state index is 0.178. The van der Waals surface area contributed by atoms with Crippen molar-refractivity contribution >= 4 is 5.97 Å². The summed E-state index contributed by atoms with van der Waals surface area (Å²) in [6, 6.07) is -0.402. The van der Waals surface area contributed by atoms with Gasteiger partial charge in [-0.3, -0.25) is 0 Å². The van der Waals surface area contributed by atoms with Crippen LogP contribution in [0.4, 0.5) is 0 Å². The molecule has 14 heavy (non-hydrogen) atoms. The van der Waals surface area contributed by atoms with Crippen molar-refractivity contribution in [1.29, 1.82) is 0 Å². The van der Waals surface area contributed by atoms with E-state index in [4.69, 9.17) is 15.4 Å². The van der Waals surface area contributed by atoms with Crippen LogP contribution in [0, 0.1) is 5.92 Å². The molecule has 1 aromatic rings. The minimum Gasteiger partial charge on any atom is -0.475 e. The molecule has 0 radical (unpaired) electrons. The zero-order chi connectivity index (χ0) is 10.7. The Morgan fingerprint density at radius 3 is 2.79 bits per heavy atom. The van der Waals surface area contributed by atoms with Crippen molar-refractivity contribution in [2.75, 3.05) is 0 Å². The van der Waals surface area contributed by atoms with Gasteiger partial charge in [-0.1, -0.05) is 20.3 Å². The molecule has 6 nitrogen and oxygen atoms in total. The van der Waals surface area contributed by atoms with Crippen molar-refractivity contribution in [2.45, 2.75) is 26.3 Å². The third kappa shape index (κ3) is 2.08. The van der Waals surface area contributed by atoms with Crippen LogP contribution in [0.5, 0.6) is 0 Å². The molecule has 0 saturated carbocycles. The molecular formula is C8H13N3O3. The molecule has 0 aromatic carbocycles. The van der Waals surface area contributed by atoms with Crippen LogP contribution in [0.3, 0.4) is 0 Å². The van der Waals surface area contributed by atoms with Crippen molar-refractivity contribution < 1.29 is 14.4 Å². The lowest BCUT2D eigenvalue weighted by molar-refractivity contribution is 0.0680. The first-order valence-corrected chi connectivity index (χ1v) is 4.38. The molecular weight excluding hydrogens is 186 g/mol. The Bertz CT molecular complexity index is 323. The van der Waals surface area contributed by atoms with Crippen LogP contribution in [-0.4, -0.2) is 21.2 Å². The number of carboxylic acid groups (broad SMARTS) is 1. The highest BCUT2D eigenvalue weighted by Crippen LogP contribution is 2.19. The van der Waals surface area contributed by atoms with E-state index >= 15 is 0 Å². The number of rotatable bonds is 4. The van der Waals surface area contributed by atoms with Crippen molar-refractivity contribution in [1.82, 2.24) is 10.1 Å². The van der Waals surface area contributed by atoms with E-state index in [2.05, 4.69) is 10.1 Å². The summed E-state index contributed by atoms with van der Waals surface area (Å²) in [5, 5.41) is 11.8. The van der Waals surface area contributed by atoms with Gasteiger partial charge in [-0.25, -0.2) is 4.79 Å². The normalized spacial score (nSPS) is 15.1. The highest BCUT2D eigenvalue weighted by atomic mass is 16.5. The number of carbonyl (C=O) groups is 1. The van der Waals surface area contributed by atoms with E-state index in [0.29, 0.717) is 0 Å². The van der Waals surface area contributed by atoms with Gasteiger partial charge < -0.3 is 15.4 Å². The molecule has 2 atom stereocenters. The zero-order valence-electron chi connectivity index (χ0n) is 8.10. The largest absolute Gasteiger partial charge is 0.475 e. The van der Waals surface area contributed by atoms with E-state index in [1.165, 1.54) is 0 Å². The number of nitrogens with zero attached hydrogens (tertiary/aromatic N) is 2. The zero-order valence-corrected chi connectivity index (χ0v) is 8.10. The van der Waals surface area contributed by atoms with Crippen LogP contribution in [0.1, 0.15) is 42.8 Å². The van der Waals surface area contributed by atoms with Gasteiger partial charge in [-0.15, -0.1) is 0 Å². The first-order chi connectivity index (χ1) is 6.56. The van der Waals surface area contributed by atoms with Gasteiger partial charge in [0.15, 0.2) is 0 Å². The van der Waals surface area contributed by atoms with Gasteiger partial charge >= 0.3 is 5.97 Å². The van der Waals surface area contributed by atoms with E-state index < -0.39 is 12.0 Å². The van der Waals surface area contributed by atoms with Gasteiger partial charge in [0, 0.05) is 0 Å². The summed E-state index contributed by atoms with van der Waals surface area (Å²) in [6.07, 6.45) is 0.867. The molecule has 78 valence electrons. The van der Waals surface area contributed by atoms with Crippen LogP contribution in [-0.2, 0) is 0 Å². The molecule has 1 rings (SSSR count). The second-order valence-electron chi connectivity index (χ2n) is 3.17. The summed E-state index contributed by atoms with van der Waals surface area (Å²) in [5.74, 6) is -1.20. The van der Waals surface area contributed by atoms with E-state index in [1.54, 1.807) is 0 Å². The fourth-order valence-electron chi connectivity index (χ4n) is 0.955. The van der Waals surface area contributed by atoms with E-state index in [9.17, 15) is 4.79 Å². The lowest BCUT2D eigenvalue weighted by atomic mass is 10.0. The molecule has 1 unspecified atom stereocenters. The van der Waals surface area contributed by atoms with Crippen LogP contribution < -0.4 is 5.73 Å². The Hall–Kier alpha value is -1.43. The monoisotopic (exact) mass is 199 g/mol. The Balaban J connectivity index is 2.81. The summed E-state index contributed by atoms with van der Waals surface area (Å²) >= 11 is 0. The molecule has 6 heteroatoms. The molecule has 0 spiro atoms. The van der Waals surface area contributed by atoms with Gasteiger partial charge in [-0.05, 0) is 11.1 Å². The first-order valence-electron chi connectivity index (χ1n) is 4.38. The number of nitrogens with two attached hydrogens (primary N) is 1. The predicted octanol–water partition coefficient (Wildman–Crippen LogP) is 0.814. The SMILES string of the molecule is CCC(C)[C@H](N)c1nc(C(=O)O)no1. The van der Waals surface area contributed by atoms with Gasteiger partial charge in [0.05, 0.1) is 6.04 Å². The standard InChI is InChI=1S/C8H13N3O3/c1-3-4(2)5(9)7-10-6(8(12)13)11-14-7/h4-5H,3,9H2,1-2H3,(H,12,13)/t4?,5-/m0/s1. The number of hydrogen-bond acceptors (Lipinski definition) is 5. The lowest BCUT2D eigenvalue weighted by Crippen LogP contribution is -2.19. The maximum atomic E-state index is 10.5. The van der Waals surface area contributed by atoms with E-state index in [0.717, 1.165) is 6.42 Å². The van der Waals surface area contributed by atoms with Crippen LogP contribution in [0.15, 0.2) is 4.52 Å². The average molecular weight is 199 g/mol. The number of hydrogen-bond donors (Lipinski definition) is 2. The van der Waals surface area contributed by atoms with Crippen LogP contribution >= 0.6 is 0 Å². The highest BCUT2D eigenvalue weighted by Gasteiger charge is 2.21. The van der Waals surface area contributed by atoms with Crippen LogP contribution in [0.2, 0.25) is 0 Å². The summed E-state index contributed by atoms with van der Waals surface area (Å²) in [4.78, 5) is 14.1. The molecule has 0 aliphatic heterocycles. The topological polar surface area (TPSA) is 102 Å². The molecule has 0 amide bonds. The first kappa shape index (κ1) is 10.6. The fourth-order valence-corrected chi connectivity index (χ4v) is 0.955. The molecule has 0 saturated heterocycles. The summed E-state index contributed by atoms with van der Waals surface area (Å²) in [7, 11) is 0. The maximum absolute atomic E-state index is 10.5. The predicted molar refractivity (Wildman–Crippen MR) is 47.6 cm³/mol. The fraction of sp³-hybridized carbons (Fsp3) is 0.625. The van der Waals surface area contributed by atoms with E-state index in [-0.39, 0.29) is 17.6 Å². The number of carboxylic acids is 1. The Kier molecular flexibility index (Phi) is 3.19. The van der Waals surface area contributed by atoms with E-state index in [1.807, 2.05) is 13.8 Å². The third-order valence-corrected chi connectivity index (χ3v) is 2.18. The van der Waals surface area contributed by atoms with Gasteiger partial charge in [-0.2, -0.15) is 4.98 Å². The minimum atomic E-state index is -1.21. The molecule has 1 heterocycles. The van der Waals surface area contributed by atoms with Crippen molar-refractivity contribution in [2.24, 2.45) is 11.7 Å². The van der Waals surface area contributed by atoms with Gasteiger partial charge in [0.1, 0.15) is 0 Å². The van der Waals surface area contributed by atoms with Crippen molar-refractivity contribution in [3.05, 3.63) is 11.7 Å². The van der Waals surface area contributed by atoms with Gasteiger partial charge in [0.25, 0.3) is 5.82 Å². The Labute approximate surface area is 81.1 Å². The van der Waals surface area contributed by atoms with Crippen molar-refractivity contribution in [3.63, 3.8) is 0 Å². The average Bonchev–Trinajstić information content (AvgIpc) is 2.64. The molecule has 3 N–H and O–H groups in total. The van der Waals surface area contributed by atoms with Crippen LogP contribution in [0.25, 0.3) is 0 Å². The molecule has 0 fully saturated rings. The quantitative estimate of drug-likeness (QED) is 0.744. The highest BCUT2D eigenvalue weighted by molar-refractivity contribution is 5.82. The summed E-state index contributed by atoms with van der Waals surface area (Å²) in [5.41, 5.74) is 5.77. The number of aromatic carboxylic acids is 1. The second-order valence-corrected chi connectivity index (χ2v) is 3.17. The Morgan fingerprint density at radius 1 is 1.71 bits per heavy atom. The summed E-state index contributed by atoms with van der Waals surface area (Å²) in [6.45, 7) is 3.92.